The molecule has 4 aliphatic carbocycles. The molecule has 9 atom stereocenters. The number of allylic oxidation sites excluding steroid dienone is 1. The maximum Gasteiger partial charge on any atom is 0.309 e. The lowest BCUT2D eigenvalue weighted by atomic mass is 9.42. The quantitative estimate of drug-likeness (QED) is 0.530. The Morgan fingerprint density at radius 2 is 2.13 bits per heavy atom. The van der Waals surface area contributed by atoms with Gasteiger partial charge in [-0.1, -0.05) is 25.5 Å². The molecule has 5 aliphatic rings. The largest absolute Gasteiger partial charge is 0.459 e. The summed E-state index contributed by atoms with van der Waals surface area (Å²) in [4.78, 5) is 12.4. The lowest BCUT2D eigenvalue weighted by Crippen LogP contribution is -2.67. The van der Waals surface area contributed by atoms with E-state index in [1.54, 1.807) is 0 Å². The first kappa shape index (κ1) is 14.5. The Morgan fingerprint density at radius 3 is 2.91 bits per heavy atom. The maximum atomic E-state index is 12.4. The summed E-state index contributed by atoms with van der Waals surface area (Å²) < 4.78 is 5.72. The second-order valence-electron chi connectivity index (χ2n) is 9.13. The Bertz CT molecular complexity index is 600. The van der Waals surface area contributed by atoms with Gasteiger partial charge in [0.15, 0.2) is 0 Å². The average molecular weight is 318 g/mol. The van der Waals surface area contributed by atoms with E-state index in [0.29, 0.717) is 5.92 Å². The van der Waals surface area contributed by atoms with Crippen LogP contribution in [0.2, 0.25) is 0 Å². The molecule has 4 heteroatoms. The Hall–Kier alpha value is -0.870. The van der Waals surface area contributed by atoms with Crippen LogP contribution in [0.5, 0.6) is 0 Å². The second kappa shape index (κ2) is 4.20. The first-order chi connectivity index (χ1) is 10.9. The summed E-state index contributed by atoms with van der Waals surface area (Å²) in [6.07, 6.45) is 3.91. The molecule has 23 heavy (non-hydrogen) atoms. The smallest absolute Gasteiger partial charge is 0.309 e. The Kier molecular flexibility index (Phi) is 2.65. The summed E-state index contributed by atoms with van der Waals surface area (Å²) in [5.74, 6) is 0.226. The van der Waals surface area contributed by atoms with Crippen LogP contribution in [0, 0.1) is 34.5 Å². The second-order valence-corrected chi connectivity index (χ2v) is 9.13. The molecule has 5 fully saturated rings. The van der Waals surface area contributed by atoms with Crippen molar-refractivity contribution >= 4 is 5.97 Å². The van der Waals surface area contributed by atoms with Crippen LogP contribution in [-0.2, 0) is 9.53 Å². The first-order valence-corrected chi connectivity index (χ1v) is 9.13. The molecule has 1 spiro atoms. The van der Waals surface area contributed by atoms with Crippen molar-refractivity contribution < 1.29 is 19.7 Å². The fraction of sp³-hybridized carbons (Fsp3) is 0.842. The molecule has 4 nitrogen and oxygen atoms in total. The van der Waals surface area contributed by atoms with Gasteiger partial charge in [-0.2, -0.15) is 0 Å². The van der Waals surface area contributed by atoms with Gasteiger partial charge in [-0.3, -0.25) is 4.79 Å². The van der Waals surface area contributed by atoms with E-state index in [0.717, 1.165) is 38.5 Å². The molecule has 2 N–H and O–H groups in total. The first-order valence-electron chi connectivity index (χ1n) is 9.13. The minimum absolute atomic E-state index is 0.0547. The van der Waals surface area contributed by atoms with Gasteiger partial charge in [-0.05, 0) is 49.4 Å². The minimum Gasteiger partial charge on any atom is -0.459 e. The monoisotopic (exact) mass is 318 g/mol. The van der Waals surface area contributed by atoms with Gasteiger partial charge in [-0.25, -0.2) is 0 Å². The van der Waals surface area contributed by atoms with Crippen LogP contribution in [0.1, 0.15) is 45.4 Å². The van der Waals surface area contributed by atoms with Gasteiger partial charge in [0.1, 0.15) is 6.10 Å². The number of fused-ring (bicyclic) bond motifs is 2. The lowest BCUT2D eigenvalue weighted by molar-refractivity contribution is -0.238. The van der Waals surface area contributed by atoms with E-state index in [4.69, 9.17) is 4.74 Å². The van der Waals surface area contributed by atoms with Crippen molar-refractivity contribution in [2.75, 3.05) is 0 Å². The summed E-state index contributed by atoms with van der Waals surface area (Å²) in [5.41, 5.74) is 0.708. The van der Waals surface area contributed by atoms with E-state index in [1.807, 2.05) is 0 Å². The van der Waals surface area contributed by atoms with Crippen molar-refractivity contribution in [2.24, 2.45) is 34.5 Å². The number of hydrogen-bond donors (Lipinski definition) is 2. The maximum absolute atomic E-state index is 12.4. The van der Waals surface area contributed by atoms with E-state index < -0.39 is 12.2 Å². The molecule has 0 amide bonds. The Labute approximate surface area is 136 Å². The molecule has 0 radical (unpaired) electrons. The fourth-order valence-electron chi connectivity index (χ4n) is 7.67. The number of rotatable bonds is 0. The fourth-order valence-corrected chi connectivity index (χ4v) is 7.67. The van der Waals surface area contributed by atoms with Gasteiger partial charge < -0.3 is 14.9 Å². The van der Waals surface area contributed by atoms with E-state index >= 15 is 0 Å². The zero-order valence-electron chi connectivity index (χ0n) is 13.7. The molecular weight excluding hydrogens is 292 g/mol. The molecule has 0 aromatic rings. The van der Waals surface area contributed by atoms with Gasteiger partial charge >= 0.3 is 5.97 Å². The summed E-state index contributed by atoms with van der Waals surface area (Å²) in [6, 6.07) is 0. The van der Waals surface area contributed by atoms with Crippen LogP contribution in [0.25, 0.3) is 0 Å². The Balaban J connectivity index is 1.70. The number of ether oxygens (including phenoxy) is 1. The van der Waals surface area contributed by atoms with E-state index in [2.05, 4.69) is 13.5 Å². The summed E-state index contributed by atoms with van der Waals surface area (Å²) in [7, 11) is 0. The molecule has 5 rings (SSSR count). The van der Waals surface area contributed by atoms with Crippen LogP contribution in [0.3, 0.4) is 0 Å². The van der Waals surface area contributed by atoms with E-state index in [-0.39, 0.29) is 40.7 Å². The highest BCUT2D eigenvalue weighted by Gasteiger charge is 2.73. The molecule has 0 unspecified atom stereocenters. The standard InChI is InChI=1S/C19H26O4/c1-9-7-19-8-10(9)6-12(20)15(19)18(2)5-3-4-11-13(18)14(16(19)21)23-17(11)22/h10-16,20-21H,1,3-8H2,2H3/t10-,11-,12-,13+,14-,15+,16+,18-,19+/m1/s1. The van der Waals surface area contributed by atoms with Gasteiger partial charge in [0.25, 0.3) is 0 Å². The highest BCUT2D eigenvalue weighted by Crippen LogP contribution is 2.72. The molecule has 4 saturated carbocycles. The van der Waals surface area contributed by atoms with Crippen LogP contribution in [0.4, 0.5) is 0 Å². The van der Waals surface area contributed by atoms with E-state index in [9.17, 15) is 15.0 Å². The molecule has 1 saturated heterocycles. The summed E-state index contributed by atoms with van der Waals surface area (Å²) in [6.45, 7) is 6.48. The van der Waals surface area contributed by atoms with Crippen LogP contribution >= 0.6 is 0 Å². The zero-order valence-corrected chi connectivity index (χ0v) is 13.7. The van der Waals surface area contributed by atoms with Crippen LogP contribution < -0.4 is 0 Å². The predicted molar refractivity (Wildman–Crippen MR) is 83.2 cm³/mol. The normalized spacial score (nSPS) is 60.2. The van der Waals surface area contributed by atoms with E-state index in [1.165, 1.54) is 5.57 Å². The van der Waals surface area contributed by atoms with Gasteiger partial charge in [0, 0.05) is 11.3 Å². The number of aliphatic hydroxyl groups is 2. The molecular formula is C19H26O4. The molecule has 126 valence electrons. The number of carbonyl (C=O) groups excluding carboxylic acids is 1. The summed E-state index contributed by atoms with van der Waals surface area (Å²) in [5, 5.41) is 22.2. The topological polar surface area (TPSA) is 66.8 Å². The number of hydrogen-bond acceptors (Lipinski definition) is 4. The third-order valence-corrected chi connectivity index (χ3v) is 8.24. The molecule has 1 aliphatic heterocycles. The van der Waals surface area contributed by atoms with Gasteiger partial charge in [-0.15, -0.1) is 0 Å². The third-order valence-electron chi connectivity index (χ3n) is 8.24. The van der Waals surface area contributed by atoms with Crippen molar-refractivity contribution in [2.45, 2.75) is 63.8 Å². The van der Waals surface area contributed by atoms with Crippen LogP contribution in [-0.4, -0.2) is 34.5 Å². The van der Waals surface area contributed by atoms with Crippen LogP contribution in [0.15, 0.2) is 12.2 Å². The molecule has 0 aromatic heterocycles. The van der Waals surface area contributed by atoms with Crippen molar-refractivity contribution in [3.63, 3.8) is 0 Å². The SMILES string of the molecule is C=C1C[C@]23C[C@H]1C[C@@H](O)[C@H]2[C@]1(C)CCC[C@H]2C(=O)O[C@H]([C@H]21)[C@@H]3O. The molecule has 2 bridgehead atoms. The van der Waals surface area contributed by atoms with Gasteiger partial charge in [0.05, 0.1) is 18.1 Å². The number of esters is 1. The number of aliphatic hydroxyl groups excluding tert-OH is 2. The minimum atomic E-state index is -0.658. The molecule has 1 heterocycles. The van der Waals surface area contributed by atoms with Crippen molar-refractivity contribution in [3.05, 3.63) is 12.2 Å². The van der Waals surface area contributed by atoms with Crippen molar-refractivity contribution in [3.8, 4) is 0 Å². The Morgan fingerprint density at radius 1 is 1.35 bits per heavy atom. The zero-order chi connectivity index (χ0) is 16.1. The van der Waals surface area contributed by atoms with Crippen molar-refractivity contribution in [1.82, 2.24) is 0 Å². The number of carbonyl (C=O) groups is 1. The lowest BCUT2D eigenvalue weighted by Gasteiger charge is -2.63. The van der Waals surface area contributed by atoms with Crippen molar-refractivity contribution in [1.29, 1.82) is 0 Å². The third kappa shape index (κ3) is 1.49. The predicted octanol–water partition coefficient (Wildman–Crippen LogP) is 2.04. The highest BCUT2D eigenvalue weighted by molar-refractivity contribution is 5.76. The van der Waals surface area contributed by atoms with Gasteiger partial charge in [0.2, 0.25) is 0 Å². The summed E-state index contributed by atoms with van der Waals surface area (Å²) >= 11 is 0. The highest BCUT2D eigenvalue weighted by atomic mass is 16.6. The molecule has 0 aromatic carbocycles. The average Bonchev–Trinajstić information content (AvgIpc) is 2.95.